The quantitative estimate of drug-likeness (QED) is 0.614. The Hall–Kier alpha value is -1.08. The van der Waals surface area contributed by atoms with Crippen LogP contribution >= 0.6 is 0 Å². The van der Waals surface area contributed by atoms with E-state index in [4.69, 9.17) is 4.74 Å². The van der Waals surface area contributed by atoms with Crippen LogP contribution in [-0.2, 0) is 11.2 Å². The number of hydrogen-bond donors (Lipinski definition) is 0. The number of fused-ring (bicyclic) bond motifs is 3. The summed E-state index contributed by atoms with van der Waals surface area (Å²) < 4.78 is 5.61. The average molecular weight is 186 g/mol. The van der Waals surface area contributed by atoms with Crippen molar-refractivity contribution in [3.63, 3.8) is 0 Å². The van der Waals surface area contributed by atoms with Crippen molar-refractivity contribution in [3.05, 3.63) is 41.0 Å². The molecular formula is C13H14O. The van der Waals surface area contributed by atoms with Crippen molar-refractivity contribution in [1.82, 2.24) is 0 Å². The number of allylic oxidation sites excluding steroid dienone is 1. The summed E-state index contributed by atoms with van der Waals surface area (Å²) in [6.45, 7) is 2.05. The summed E-state index contributed by atoms with van der Waals surface area (Å²) in [6.07, 6.45) is 7.57. The Kier molecular flexibility index (Phi) is 1.74. The molecule has 1 fully saturated rings. The van der Waals surface area contributed by atoms with Gasteiger partial charge in [-0.15, -0.1) is 0 Å². The SMILES string of the molecule is C/C=C/c1ccc2c(c1)[C@@H]1O[C@@H]1CC2. The predicted octanol–water partition coefficient (Wildman–Crippen LogP) is 3.11. The Bertz CT molecular complexity index is 392. The third-order valence-corrected chi connectivity index (χ3v) is 3.12. The molecule has 1 aliphatic carbocycles. The topological polar surface area (TPSA) is 12.5 Å². The van der Waals surface area contributed by atoms with Gasteiger partial charge in [-0.1, -0.05) is 24.3 Å². The Labute approximate surface area is 84.4 Å². The minimum absolute atomic E-state index is 0.420. The van der Waals surface area contributed by atoms with Crippen molar-refractivity contribution >= 4 is 6.08 Å². The molecule has 0 N–H and O–H groups in total. The van der Waals surface area contributed by atoms with Crippen LogP contribution in [0.5, 0.6) is 0 Å². The van der Waals surface area contributed by atoms with Crippen LogP contribution in [0.4, 0.5) is 0 Å². The first kappa shape index (κ1) is 8.25. The van der Waals surface area contributed by atoms with Crippen LogP contribution in [0.2, 0.25) is 0 Å². The highest BCUT2D eigenvalue weighted by atomic mass is 16.6. The monoisotopic (exact) mass is 186 g/mol. The van der Waals surface area contributed by atoms with E-state index < -0.39 is 0 Å². The largest absolute Gasteiger partial charge is 0.364 e. The molecule has 1 heterocycles. The van der Waals surface area contributed by atoms with Crippen LogP contribution < -0.4 is 0 Å². The minimum Gasteiger partial charge on any atom is -0.364 e. The molecule has 0 aromatic heterocycles. The lowest BCUT2D eigenvalue weighted by atomic mass is 9.90. The van der Waals surface area contributed by atoms with Gasteiger partial charge < -0.3 is 4.74 Å². The summed E-state index contributed by atoms with van der Waals surface area (Å²) in [4.78, 5) is 0. The molecule has 0 bridgehead atoms. The van der Waals surface area contributed by atoms with Crippen molar-refractivity contribution in [1.29, 1.82) is 0 Å². The first-order chi connectivity index (χ1) is 6.88. The van der Waals surface area contributed by atoms with E-state index in [-0.39, 0.29) is 0 Å². The molecule has 0 amide bonds. The number of rotatable bonds is 1. The molecular weight excluding hydrogens is 172 g/mol. The Morgan fingerprint density at radius 3 is 3.21 bits per heavy atom. The maximum atomic E-state index is 5.61. The number of epoxide rings is 1. The van der Waals surface area contributed by atoms with Crippen molar-refractivity contribution < 1.29 is 4.74 Å². The highest BCUT2D eigenvalue weighted by Gasteiger charge is 2.43. The van der Waals surface area contributed by atoms with E-state index in [2.05, 4.69) is 37.3 Å². The molecule has 0 saturated carbocycles. The number of benzene rings is 1. The van der Waals surface area contributed by atoms with E-state index in [1.54, 1.807) is 0 Å². The van der Waals surface area contributed by atoms with Gasteiger partial charge in [0.15, 0.2) is 0 Å². The molecule has 1 aliphatic heterocycles. The van der Waals surface area contributed by atoms with Crippen LogP contribution in [0.25, 0.3) is 6.08 Å². The van der Waals surface area contributed by atoms with Gasteiger partial charge in [0, 0.05) is 0 Å². The van der Waals surface area contributed by atoms with Crippen LogP contribution in [-0.4, -0.2) is 6.10 Å². The van der Waals surface area contributed by atoms with Crippen LogP contribution in [0.15, 0.2) is 24.3 Å². The van der Waals surface area contributed by atoms with E-state index in [1.165, 1.54) is 29.5 Å². The fourth-order valence-corrected chi connectivity index (χ4v) is 2.34. The summed E-state index contributed by atoms with van der Waals surface area (Å²) in [6, 6.07) is 6.73. The van der Waals surface area contributed by atoms with Gasteiger partial charge >= 0.3 is 0 Å². The molecule has 2 atom stereocenters. The molecule has 3 rings (SSSR count). The van der Waals surface area contributed by atoms with E-state index in [9.17, 15) is 0 Å². The second-order valence-corrected chi connectivity index (χ2v) is 4.09. The molecule has 1 aromatic carbocycles. The Morgan fingerprint density at radius 1 is 1.43 bits per heavy atom. The van der Waals surface area contributed by atoms with Crippen LogP contribution in [0.3, 0.4) is 0 Å². The van der Waals surface area contributed by atoms with Gasteiger partial charge in [-0.05, 0) is 42.5 Å². The molecule has 1 saturated heterocycles. The van der Waals surface area contributed by atoms with E-state index in [0.717, 1.165) is 0 Å². The molecule has 1 heteroatoms. The van der Waals surface area contributed by atoms with Crippen molar-refractivity contribution in [2.75, 3.05) is 0 Å². The normalized spacial score (nSPS) is 28.6. The number of aryl methyl sites for hydroxylation is 1. The zero-order valence-electron chi connectivity index (χ0n) is 8.36. The fraction of sp³-hybridized carbons (Fsp3) is 0.385. The third kappa shape index (κ3) is 1.20. The lowest BCUT2D eigenvalue weighted by Gasteiger charge is -2.12. The van der Waals surface area contributed by atoms with Gasteiger partial charge in [0.1, 0.15) is 6.10 Å². The first-order valence-corrected chi connectivity index (χ1v) is 5.29. The molecule has 1 nitrogen and oxygen atoms in total. The number of ether oxygens (including phenoxy) is 1. The van der Waals surface area contributed by atoms with Crippen LogP contribution in [0, 0.1) is 0 Å². The second-order valence-electron chi connectivity index (χ2n) is 4.09. The summed E-state index contributed by atoms with van der Waals surface area (Å²) in [7, 11) is 0. The van der Waals surface area contributed by atoms with Crippen molar-refractivity contribution in [3.8, 4) is 0 Å². The van der Waals surface area contributed by atoms with E-state index in [0.29, 0.717) is 12.2 Å². The summed E-state index contributed by atoms with van der Waals surface area (Å²) in [5.41, 5.74) is 4.20. The van der Waals surface area contributed by atoms with E-state index >= 15 is 0 Å². The predicted molar refractivity (Wildman–Crippen MR) is 57.1 cm³/mol. The summed E-state index contributed by atoms with van der Waals surface area (Å²) in [5, 5.41) is 0. The van der Waals surface area contributed by atoms with Gasteiger partial charge in [0.05, 0.1) is 6.10 Å². The molecule has 1 aromatic rings. The minimum atomic E-state index is 0.420. The molecule has 14 heavy (non-hydrogen) atoms. The van der Waals surface area contributed by atoms with Gasteiger partial charge in [-0.3, -0.25) is 0 Å². The molecule has 0 unspecified atom stereocenters. The fourth-order valence-electron chi connectivity index (χ4n) is 2.34. The van der Waals surface area contributed by atoms with Crippen LogP contribution in [0.1, 0.15) is 36.1 Å². The summed E-state index contributed by atoms with van der Waals surface area (Å²) >= 11 is 0. The molecule has 2 aliphatic rings. The maximum Gasteiger partial charge on any atom is 0.109 e. The molecule has 0 radical (unpaired) electrons. The molecule has 0 spiro atoms. The van der Waals surface area contributed by atoms with Gasteiger partial charge in [0.25, 0.3) is 0 Å². The highest BCUT2D eigenvalue weighted by molar-refractivity contribution is 5.53. The number of hydrogen-bond acceptors (Lipinski definition) is 1. The lowest BCUT2D eigenvalue weighted by molar-refractivity contribution is 0.372. The Morgan fingerprint density at radius 2 is 2.36 bits per heavy atom. The van der Waals surface area contributed by atoms with Gasteiger partial charge in [-0.25, -0.2) is 0 Å². The van der Waals surface area contributed by atoms with E-state index in [1.807, 2.05) is 0 Å². The average Bonchev–Trinajstić information content (AvgIpc) is 2.97. The summed E-state index contributed by atoms with van der Waals surface area (Å²) in [5.74, 6) is 0. The zero-order chi connectivity index (χ0) is 9.54. The first-order valence-electron chi connectivity index (χ1n) is 5.29. The lowest BCUT2D eigenvalue weighted by Crippen LogP contribution is -2.04. The highest BCUT2D eigenvalue weighted by Crippen LogP contribution is 2.47. The smallest absolute Gasteiger partial charge is 0.109 e. The zero-order valence-corrected chi connectivity index (χ0v) is 8.36. The third-order valence-electron chi connectivity index (χ3n) is 3.12. The molecule has 72 valence electrons. The standard InChI is InChI=1S/C13H14O/c1-2-3-9-4-5-10-6-7-12-13(14-12)11(10)8-9/h2-5,8,12-13H,6-7H2,1H3/b3-2+/t12-,13+/m1/s1. The van der Waals surface area contributed by atoms with Gasteiger partial charge in [0.2, 0.25) is 0 Å². The van der Waals surface area contributed by atoms with Crippen molar-refractivity contribution in [2.24, 2.45) is 0 Å². The Balaban J connectivity index is 2.04. The van der Waals surface area contributed by atoms with Gasteiger partial charge in [-0.2, -0.15) is 0 Å². The second kappa shape index (κ2) is 2.96. The van der Waals surface area contributed by atoms with Crippen molar-refractivity contribution in [2.45, 2.75) is 32.0 Å². The maximum absolute atomic E-state index is 5.61.